The van der Waals surface area contributed by atoms with Crippen molar-refractivity contribution < 1.29 is 4.74 Å². The highest BCUT2D eigenvalue weighted by molar-refractivity contribution is 5.96. The Labute approximate surface area is 119 Å². The van der Waals surface area contributed by atoms with Crippen molar-refractivity contribution >= 4 is 16.6 Å². The van der Waals surface area contributed by atoms with Crippen LogP contribution in [-0.4, -0.2) is 11.6 Å². The van der Waals surface area contributed by atoms with Crippen molar-refractivity contribution in [3.8, 4) is 5.75 Å². The first-order valence-corrected chi connectivity index (χ1v) is 7.39. The van der Waals surface area contributed by atoms with E-state index in [1.807, 2.05) is 19.1 Å². The molecule has 0 atom stereocenters. The Bertz CT molecular complexity index is 625. The van der Waals surface area contributed by atoms with Gasteiger partial charge in [-0.3, -0.25) is 5.84 Å². The zero-order chi connectivity index (χ0) is 13.9. The summed E-state index contributed by atoms with van der Waals surface area (Å²) in [6.07, 6.45) is 5.75. The van der Waals surface area contributed by atoms with E-state index in [4.69, 9.17) is 15.6 Å². The Morgan fingerprint density at radius 3 is 2.90 bits per heavy atom. The van der Waals surface area contributed by atoms with Gasteiger partial charge < -0.3 is 10.2 Å². The largest absolute Gasteiger partial charge is 0.492 e. The van der Waals surface area contributed by atoms with Crippen LogP contribution in [0.2, 0.25) is 0 Å². The van der Waals surface area contributed by atoms with Gasteiger partial charge in [0.05, 0.1) is 12.3 Å². The number of fused-ring (bicyclic) bond motifs is 2. The molecule has 3 rings (SSSR count). The van der Waals surface area contributed by atoms with E-state index in [2.05, 4.69) is 11.5 Å². The second-order valence-electron chi connectivity index (χ2n) is 5.20. The third kappa shape index (κ3) is 2.20. The lowest BCUT2D eigenvalue weighted by Crippen LogP contribution is -2.12. The Balaban J connectivity index is 2.27. The summed E-state index contributed by atoms with van der Waals surface area (Å²) in [6, 6.07) is 6.03. The van der Waals surface area contributed by atoms with E-state index in [-0.39, 0.29) is 0 Å². The van der Waals surface area contributed by atoms with Crippen molar-refractivity contribution in [2.75, 3.05) is 12.0 Å². The normalized spacial score (nSPS) is 14.7. The molecular weight excluding hydrogens is 250 g/mol. The lowest BCUT2D eigenvalue weighted by atomic mass is 10.0. The van der Waals surface area contributed by atoms with Crippen LogP contribution in [0.15, 0.2) is 18.2 Å². The predicted molar refractivity (Wildman–Crippen MR) is 82.0 cm³/mol. The fourth-order valence-electron chi connectivity index (χ4n) is 3.03. The third-order valence-electron chi connectivity index (χ3n) is 3.95. The van der Waals surface area contributed by atoms with Gasteiger partial charge in [0.1, 0.15) is 11.3 Å². The molecule has 4 nitrogen and oxygen atoms in total. The van der Waals surface area contributed by atoms with Crippen LogP contribution in [0.5, 0.6) is 5.75 Å². The lowest BCUT2D eigenvalue weighted by Gasteiger charge is -2.16. The molecule has 1 aliphatic rings. The monoisotopic (exact) mass is 271 g/mol. The molecule has 3 N–H and O–H groups in total. The van der Waals surface area contributed by atoms with Gasteiger partial charge in [-0.2, -0.15) is 0 Å². The van der Waals surface area contributed by atoms with Gasteiger partial charge in [-0.25, -0.2) is 4.98 Å². The van der Waals surface area contributed by atoms with Crippen molar-refractivity contribution in [2.45, 2.75) is 39.0 Å². The van der Waals surface area contributed by atoms with Gasteiger partial charge in [0.25, 0.3) is 0 Å². The number of rotatable bonds is 3. The van der Waals surface area contributed by atoms with Crippen molar-refractivity contribution in [3.63, 3.8) is 0 Å². The smallest absolute Gasteiger partial charge is 0.145 e. The molecule has 1 heterocycles. The molecule has 0 bridgehead atoms. The first-order valence-electron chi connectivity index (χ1n) is 7.39. The minimum atomic E-state index is 0.642. The summed E-state index contributed by atoms with van der Waals surface area (Å²) in [5, 5.41) is 1.05. The summed E-state index contributed by atoms with van der Waals surface area (Å²) in [4.78, 5) is 4.88. The number of hydrogen-bond acceptors (Lipinski definition) is 4. The van der Waals surface area contributed by atoms with Crippen molar-refractivity contribution in [2.24, 2.45) is 5.84 Å². The van der Waals surface area contributed by atoms with E-state index in [1.165, 1.54) is 30.5 Å². The van der Waals surface area contributed by atoms with Gasteiger partial charge in [-0.05, 0) is 44.2 Å². The molecule has 1 aromatic heterocycles. The highest BCUT2D eigenvalue weighted by atomic mass is 16.5. The Hall–Kier alpha value is -1.81. The van der Waals surface area contributed by atoms with Crippen LogP contribution in [-0.2, 0) is 12.8 Å². The average molecular weight is 271 g/mol. The molecule has 0 amide bonds. The van der Waals surface area contributed by atoms with Gasteiger partial charge in [0, 0.05) is 11.1 Å². The quantitative estimate of drug-likeness (QED) is 0.511. The first kappa shape index (κ1) is 13.2. The number of aryl methyl sites for hydroxylation is 1. The number of nitrogen functional groups attached to an aromatic ring is 1. The van der Waals surface area contributed by atoms with Gasteiger partial charge in [-0.1, -0.05) is 18.6 Å². The van der Waals surface area contributed by atoms with E-state index in [0.29, 0.717) is 6.61 Å². The van der Waals surface area contributed by atoms with Crippen LogP contribution < -0.4 is 16.0 Å². The number of para-hydroxylation sites is 1. The summed E-state index contributed by atoms with van der Waals surface area (Å²) in [5.74, 6) is 6.64. The van der Waals surface area contributed by atoms with Crippen molar-refractivity contribution in [1.29, 1.82) is 0 Å². The number of nitrogens with zero attached hydrogens (tertiary/aromatic N) is 1. The molecule has 2 aromatic rings. The average Bonchev–Trinajstić information content (AvgIpc) is 2.71. The first-order chi connectivity index (χ1) is 9.85. The zero-order valence-corrected chi connectivity index (χ0v) is 11.9. The molecule has 0 fully saturated rings. The minimum Gasteiger partial charge on any atom is -0.492 e. The van der Waals surface area contributed by atoms with Crippen LogP contribution in [0.3, 0.4) is 0 Å². The maximum atomic E-state index is 5.80. The fourth-order valence-corrected chi connectivity index (χ4v) is 3.03. The van der Waals surface area contributed by atoms with Crippen molar-refractivity contribution in [1.82, 2.24) is 4.98 Å². The maximum absolute atomic E-state index is 5.80. The minimum absolute atomic E-state index is 0.642. The third-order valence-corrected chi connectivity index (χ3v) is 3.95. The van der Waals surface area contributed by atoms with Crippen LogP contribution in [0, 0.1) is 0 Å². The number of nitrogens with one attached hydrogen (secondary N) is 1. The van der Waals surface area contributed by atoms with E-state index < -0.39 is 0 Å². The Kier molecular flexibility index (Phi) is 3.74. The summed E-state index contributed by atoms with van der Waals surface area (Å²) in [6.45, 7) is 2.63. The number of ether oxygens (including phenoxy) is 1. The zero-order valence-electron chi connectivity index (χ0n) is 11.9. The number of aromatic nitrogens is 1. The molecule has 1 aliphatic carbocycles. The van der Waals surface area contributed by atoms with E-state index >= 15 is 0 Å². The van der Waals surface area contributed by atoms with Crippen LogP contribution in [0.1, 0.15) is 37.4 Å². The van der Waals surface area contributed by atoms with Crippen LogP contribution in [0.4, 0.5) is 5.69 Å². The second-order valence-corrected chi connectivity index (χ2v) is 5.20. The van der Waals surface area contributed by atoms with Gasteiger partial charge in [0.2, 0.25) is 0 Å². The highest BCUT2D eigenvalue weighted by Gasteiger charge is 2.18. The van der Waals surface area contributed by atoms with E-state index in [1.54, 1.807) is 0 Å². The van der Waals surface area contributed by atoms with E-state index in [9.17, 15) is 0 Å². The molecule has 0 radical (unpaired) electrons. The predicted octanol–water partition coefficient (Wildman–Crippen LogP) is 3.19. The Morgan fingerprint density at radius 2 is 2.10 bits per heavy atom. The number of hydrazine groups is 1. The highest BCUT2D eigenvalue weighted by Crippen LogP contribution is 2.35. The second kappa shape index (κ2) is 5.67. The van der Waals surface area contributed by atoms with Gasteiger partial charge in [-0.15, -0.1) is 0 Å². The molecule has 0 saturated heterocycles. The Morgan fingerprint density at radius 1 is 1.25 bits per heavy atom. The summed E-state index contributed by atoms with van der Waals surface area (Å²) in [7, 11) is 0. The fraction of sp³-hybridized carbons (Fsp3) is 0.438. The molecular formula is C16H21N3O. The van der Waals surface area contributed by atoms with Gasteiger partial charge >= 0.3 is 0 Å². The summed E-state index contributed by atoms with van der Waals surface area (Å²) >= 11 is 0. The maximum Gasteiger partial charge on any atom is 0.145 e. The number of pyridine rings is 1. The van der Waals surface area contributed by atoms with Gasteiger partial charge in [0.15, 0.2) is 0 Å². The standard InChI is InChI=1S/C16H21N3O/c1-2-20-14-10-6-8-12-15(19-17)11-7-4-3-5-9-13(11)18-16(12)14/h6,8,10H,2-5,7,9,17H2,1H3,(H,18,19). The van der Waals surface area contributed by atoms with E-state index in [0.717, 1.165) is 35.2 Å². The number of nitrogens with two attached hydrogens (primary N) is 1. The van der Waals surface area contributed by atoms with Crippen molar-refractivity contribution in [3.05, 3.63) is 29.5 Å². The summed E-state index contributed by atoms with van der Waals surface area (Å²) in [5.41, 5.74) is 7.30. The number of benzene rings is 1. The molecule has 4 heteroatoms. The molecule has 106 valence electrons. The van der Waals surface area contributed by atoms with Crippen LogP contribution >= 0.6 is 0 Å². The molecule has 20 heavy (non-hydrogen) atoms. The SMILES string of the molecule is CCOc1cccc2c(NN)c3c(nc12)CCCCC3. The van der Waals surface area contributed by atoms with Crippen LogP contribution in [0.25, 0.3) is 10.9 Å². The summed E-state index contributed by atoms with van der Waals surface area (Å²) < 4.78 is 5.71. The molecule has 0 aliphatic heterocycles. The molecule has 0 spiro atoms. The molecule has 1 aromatic carbocycles. The topological polar surface area (TPSA) is 60.2 Å². The lowest BCUT2D eigenvalue weighted by molar-refractivity contribution is 0.343. The number of hydrogen-bond donors (Lipinski definition) is 2. The molecule has 0 saturated carbocycles. The molecule has 0 unspecified atom stereocenters. The number of anilines is 1.